The second-order valence-electron chi connectivity index (χ2n) is 6.37. The Balaban J connectivity index is 1.80. The van der Waals surface area contributed by atoms with Gasteiger partial charge in [-0.3, -0.25) is 4.79 Å². The molecule has 3 rings (SSSR count). The van der Waals surface area contributed by atoms with E-state index in [2.05, 4.69) is 0 Å². The number of amides is 1. The van der Waals surface area contributed by atoms with Crippen LogP contribution in [0.5, 0.6) is 5.75 Å². The zero-order chi connectivity index (χ0) is 18.0. The molecule has 0 spiro atoms. The molecule has 130 valence electrons. The van der Waals surface area contributed by atoms with Crippen LogP contribution in [0.15, 0.2) is 48.5 Å². The van der Waals surface area contributed by atoms with Gasteiger partial charge in [0.1, 0.15) is 11.8 Å². The number of benzene rings is 2. The standard InChI is InChI=1S/C20H21NO4/c1-13-6-5-9-17(10-13)25-14(2)19(22)21-12-16-8-4-3-7-15(16)11-18(21)20(23)24/h3-10,14,18H,11-12H2,1-2H3,(H,23,24). The van der Waals surface area contributed by atoms with Gasteiger partial charge in [0.2, 0.25) is 0 Å². The Labute approximate surface area is 146 Å². The van der Waals surface area contributed by atoms with E-state index in [1.807, 2.05) is 49.4 Å². The first-order chi connectivity index (χ1) is 12.0. The Hall–Kier alpha value is -2.82. The minimum Gasteiger partial charge on any atom is -0.481 e. The molecule has 5 nitrogen and oxygen atoms in total. The number of carbonyl (C=O) groups is 2. The van der Waals surface area contributed by atoms with Gasteiger partial charge in [-0.2, -0.15) is 0 Å². The Bertz CT molecular complexity index is 802. The first-order valence-electron chi connectivity index (χ1n) is 8.29. The summed E-state index contributed by atoms with van der Waals surface area (Å²) in [7, 11) is 0. The Morgan fingerprint density at radius 2 is 1.88 bits per heavy atom. The first kappa shape index (κ1) is 17.0. The van der Waals surface area contributed by atoms with Crippen molar-refractivity contribution in [2.45, 2.75) is 39.0 Å². The van der Waals surface area contributed by atoms with Gasteiger partial charge in [0.15, 0.2) is 6.10 Å². The van der Waals surface area contributed by atoms with E-state index in [1.165, 1.54) is 4.90 Å². The second-order valence-corrected chi connectivity index (χ2v) is 6.37. The molecule has 0 saturated heterocycles. The van der Waals surface area contributed by atoms with Crippen LogP contribution in [0.1, 0.15) is 23.6 Å². The number of aryl methyl sites for hydroxylation is 1. The van der Waals surface area contributed by atoms with E-state index in [-0.39, 0.29) is 12.5 Å². The van der Waals surface area contributed by atoms with Crippen LogP contribution in [0.4, 0.5) is 0 Å². The summed E-state index contributed by atoms with van der Waals surface area (Å²) in [5.74, 6) is -0.709. The molecule has 2 unspecified atom stereocenters. The van der Waals surface area contributed by atoms with Crippen molar-refractivity contribution in [3.8, 4) is 5.75 Å². The van der Waals surface area contributed by atoms with Crippen molar-refractivity contribution in [1.29, 1.82) is 0 Å². The van der Waals surface area contributed by atoms with Crippen molar-refractivity contribution < 1.29 is 19.4 Å². The Morgan fingerprint density at radius 1 is 1.16 bits per heavy atom. The maximum atomic E-state index is 12.8. The number of carboxylic acids is 1. The van der Waals surface area contributed by atoms with Gasteiger partial charge in [-0.05, 0) is 42.7 Å². The molecule has 0 saturated carbocycles. The molecule has 0 fully saturated rings. The van der Waals surface area contributed by atoms with E-state index in [4.69, 9.17) is 4.74 Å². The van der Waals surface area contributed by atoms with Crippen molar-refractivity contribution in [3.05, 3.63) is 65.2 Å². The number of hydrogen-bond acceptors (Lipinski definition) is 3. The van der Waals surface area contributed by atoms with Gasteiger partial charge >= 0.3 is 5.97 Å². The van der Waals surface area contributed by atoms with Crippen molar-refractivity contribution >= 4 is 11.9 Å². The van der Waals surface area contributed by atoms with E-state index in [0.29, 0.717) is 12.2 Å². The largest absolute Gasteiger partial charge is 0.481 e. The molecular weight excluding hydrogens is 318 g/mol. The van der Waals surface area contributed by atoms with Crippen LogP contribution < -0.4 is 4.74 Å². The van der Waals surface area contributed by atoms with E-state index in [1.54, 1.807) is 13.0 Å². The lowest BCUT2D eigenvalue weighted by Crippen LogP contribution is -2.52. The number of ether oxygens (including phenoxy) is 1. The van der Waals surface area contributed by atoms with Crippen LogP contribution in [-0.2, 0) is 22.6 Å². The highest BCUT2D eigenvalue weighted by molar-refractivity contribution is 5.87. The maximum absolute atomic E-state index is 12.8. The van der Waals surface area contributed by atoms with E-state index < -0.39 is 18.1 Å². The monoisotopic (exact) mass is 339 g/mol. The molecule has 5 heteroatoms. The highest BCUT2D eigenvalue weighted by Gasteiger charge is 2.36. The van der Waals surface area contributed by atoms with E-state index in [0.717, 1.165) is 16.7 Å². The molecule has 25 heavy (non-hydrogen) atoms. The van der Waals surface area contributed by atoms with Gasteiger partial charge in [0.05, 0.1) is 0 Å². The van der Waals surface area contributed by atoms with Crippen LogP contribution in [0.3, 0.4) is 0 Å². The molecule has 1 aliphatic heterocycles. The average molecular weight is 339 g/mol. The fourth-order valence-electron chi connectivity index (χ4n) is 3.15. The summed E-state index contributed by atoms with van der Waals surface area (Å²) < 4.78 is 5.74. The fraction of sp³-hybridized carbons (Fsp3) is 0.300. The quantitative estimate of drug-likeness (QED) is 0.930. The predicted octanol–water partition coefficient (Wildman–Crippen LogP) is 2.80. The Kier molecular flexibility index (Phi) is 4.74. The molecule has 0 aromatic heterocycles. The second kappa shape index (κ2) is 6.97. The summed E-state index contributed by atoms with van der Waals surface area (Å²) in [5.41, 5.74) is 3.00. The number of fused-ring (bicyclic) bond motifs is 1. The third kappa shape index (κ3) is 3.65. The van der Waals surface area contributed by atoms with Gasteiger partial charge < -0.3 is 14.7 Å². The fourth-order valence-corrected chi connectivity index (χ4v) is 3.15. The third-order valence-corrected chi connectivity index (χ3v) is 4.47. The van der Waals surface area contributed by atoms with Crippen LogP contribution >= 0.6 is 0 Å². The number of carbonyl (C=O) groups excluding carboxylic acids is 1. The zero-order valence-electron chi connectivity index (χ0n) is 14.3. The van der Waals surface area contributed by atoms with Gasteiger partial charge in [-0.25, -0.2) is 4.79 Å². The van der Waals surface area contributed by atoms with Crippen molar-refractivity contribution in [3.63, 3.8) is 0 Å². The summed E-state index contributed by atoms with van der Waals surface area (Å²) in [6.07, 6.45) is -0.442. The highest BCUT2D eigenvalue weighted by Crippen LogP contribution is 2.25. The summed E-state index contributed by atoms with van der Waals surface area (Å²) in [6.45, 7) is 3.89. The van der Waals surface area contributed by atoms with Gasteiger partial charge in [-0.15, -0.1) is 0 Å². The Morgan fingerprint density at radius 3 is 2.56 bits per heavy atom. The number of hydrogen-bond donors (Lipinski definition) is 1. The number of aliphatic carboxylic acids is 1. The molecule has 2 aromatic carbocycles. The maximum Gasteiger partial charge on any atom is 0.326 e. The molecule has 1 heterocycles. The van der Waals surface area contributed by atoms with Gasteiger partial charge in [0.25, 0.3) is 5.91 Å². The van der Waals surface area contributed by atoms with E-state index >= 15 is 0 Å². The predicted molar refractivity (Wildman–Crippen MR) is 93.4 cm³/mol. The summed E-state index contributed by atoms with van der Waals surface area (Å²) in [5, 5.41) is 9.56. The average Bonchev–Trinajstić information content (AvgIpc) is 2.59. The molecule has 0 radical (unpaired) electrons. The lowest BCUT2D eigenvalue weighted by molar-refractivity contribution is -0.154. The minimum atomic E-state index is -0.995. The molecule has 0 bridgehead atoms. The molecule has 2 aromatic rings. The molecule has 1 amide bonds. The van der Waals surface area contributed by atoms with Crippen LogP contribution in [0.2, 0.25) is 0 Å². The first-order valence-corrected chi connectivity index (χ1v) is 8.29. The lowest BCUT2D eigenvalue weighted by atomic mass is 9.93. The van der Waals surface area contributed by atoms with Crippen LogP contribution in [0.25, 0.3) is 0 Å². The summed E-state index contributed by atoms with van der Waals surface area (Å²) in [4.78, 5) is 25.9. The van der Waals surface area contributed by atoms with Crippen LogP contribution in [-0.4, -0.2) is 34.0 Å². The smallest absolute Gasteiger partial charge is 0.326 e. The van der Waals surface area contributed by atoms with Crippen molar-refractivity contribution in [2.24, 2.45) is 0 Å². The van der Waals surface area contributed by atoms with E-state index in [9.17, 15) is 14.7 Å². The zero-order valence-corrected chi connectivity index (χ0v) is 14.3. The number of carboxylic acid groups (broad SMARTS) is 1. The third-order valence-electron chi connectivity index (χ3n) is 4.47. The molecule has 2 atom stereocenters. The molecular formula is C20H21NO4. The topological polar surface area (TPSA) is 66.8 Å². The van der Waals surface area contributed by atoms with Gasteiger partial charge in [0, 0.05) is 13.0 Å². The molecule has 0 aliphatic carbocycles. The van der Waals surface area contributed by atoms with Crippen molar-refractivity contribution in [1.82, 2.24) is 4.90 Å². The molecule has 1 aliphatic rings. The van der Waals surface area contributed by atoms with Gasteiger partial charge in [-0.1, -0.05) is 36.4 Å². The summed E-state index contributed by atoms with van der Waals surface area (Å²) >= 11 is 0. The highest BCUT2D eigenvalue weighted by atomic mass is 16.5. The summed E-state index contributed by atoms with van der Waals surface area (Å²) in [6, 6.07) is 14.2. The number of rotatable bonds is 4. The number of nitrogens with zero attached hydrogens (tertiary/aromatic N) is 1. The van der Waals surface area contributed by atoms with Crippen LogP contribution in [0, 0.1) is 6.92 Å². The normalized spacial score (nSPS) is 17.5. The minimum absolute atomic E-state index is 0.285. The lowest BCUT2D eigenvalue weighted by Gasteiger charge is -2.35. The van der Waals surface area contributed by atoms with Crippen molar-refractivity contribution in [2.75, 3.05) is 0 Å². The molecule has 1 N–H and O–H groups in total. The SMILES string of the molecule is Cc1cccc(OC(C)C(=O)N2Cc3ccccc3CC2C(=O)O)c1.